The fourth-order valence-corrected chi connectivity index (χ4v) is 2.77. The Morgan fingerprint density at radius 1 is 1.42 bits per heavy atom. The lowest BCUT2D eigenvalue weighted by atomic mass is 9.99. The summed E-state index contributed by atoms with van der Waals surface area (Å²) >= 11 is 0. The number of nitrogens with zero attached hydrogens (tertiary/aromatic N) is 3. The van der Waals surface area contributed by atoms with Crippen molar-refractivity contribution in [3.63, 3.8) is 0 Å². The molecule has 0 aliphatic carbocycles. The summed E-state index contributed by atoms with van der Waals surface area (Å²) in [5.41, 5.74) is 7.59. The van der Waals surface area contributed by atoms with Gasteiger partial charge in [-0.2, -0.15) is 5.26 Å². The van der Waals surface area contributed by atoms with E-state index in [1.54, 1.807) is 0 Å². The summed E-state index contributed by atoms with van der Waals surface area (Å²) in [6.07, 6.45) is 4.63. The van der Waals surface area contributed by atoms with E-state index in [4.69, 9.17) is 5.73 Å². The van der Waals surface area contributed by atoms with Gasteiger partial charge < -0.3 is 15.2 Å². The smallest absolute Gasteiger partial charge is 0.133 e. The van der Waals surface area contributed by atoms with Crippen LogP contribution in [0.2, 0.25) is 0 Å². The van der Waals surface area contributed by atoms with E-state index in [9.17, 15) is 5.26 Å². The first-order valence-corrected chi connectivity index (χ1v) is 7.31. The van der Waals surface area contributed by atoms with Crippen LogP contribution in [0.3, 0.4) is 0 Å². The molecule has 2 N–H and O–H groups in total. The minimum atomic E-state index is 0.694. The van der Waals surface area contributed by atoms with E-state index >= 15 is 0 Å². The number of anilines is 2. The second kappa shape index (κ2) is 6.01. The lowest BCUT2D eigenvalue weighted by Crippen LogP contribution is -2.34. The summed E-state index contributed by atoms with van der Waals surface area (Å²) in [5, 5.41) is 9.25. The van der Waals surface area contributed by atoms with Crippen molar-refractivity contribution >= 4 is 11.5 Å². The van der Waals surface area contributed by atoms with Gasteiger partial charge in [0.2, 0.25) is 0 Å². The van der Waals surface area contributed by atoms with E-state index < -0.39 is 0 Å². The van der Waals surface area contributed by atoms with Crippen LogP contribution >= 0.6 is 0 Å². The SMILES string of the molecule is CCCCn1c(C#N)cc(N)c1N1CCC(C)CC1. The van der Waals surface area contributed by atoms with Gasteiger partial charge >= 0.3 is 0 Å². The molecule has 0 saturated carbocycles. The van der Waals surface area contributed by atoms with E-state index in [1.807, 2.05) is 6.07 Å². The summed E-state index contributed by atoms with van der Waals surface area (Å²) < 4.78 is 2.11. The normalized spacial score (nSPS) is 16.6. The van der Waals surface area contributed by atoms with Crippen LogP contribution in [-0.2, 0) is 6.54 Å². The molecule has 4 nitrogen and oxygen atoms in total. The van der Waals surface area contributed by atoms with E-state index in [2.05, 4.69) is 29.4 Å². The van der Waals surface area contributed by atoms with Crippen molar-refractivity contribution in [1.82, 2.24) is 4.57 Å². The molecule has 104 valence electrons. The third kappa shape index (κ3) is 2.86. The molecule has 0 spiro atoms. The summed E-state index contributed by atoms with van der Waals surface area (Å²) in [6.45, 7) is 7.45. The van der Waals surface area contributed by atoms with Gasteiger partial charge in [0.05, 0.1) is 5.69 Å². The van der Waals surface area contributed by atoms with Crippen molar-refractivity contribution in [2.45, 2.75) is 46.1 Å². The first-order valence-electron chi connectivity index (χ1n) is 7.31. The van der Waals surface area contributed by atoms with Crippen molar-refractivity contribution in [2.75, 3.05) is 23.7 Å². The van der Waals surface area contributed by atoms with Crippen LogP contribution in [0.5, 0.6) is 0 Å². The Kier molecular flexibility index (Phi) is 4.36. The quantitative estimate of drug-likeness (QED) is 0.905. The van der Waals surface area contributed by atoms with Gasteiger partial charge in [0, 0.05) is 19.6 Å². The Bertz CT molecular complexity index is 461. The van der Waals surface area contributed by atoms with Gasteiger partial charge in [0.25, 0.3) is 0 Å². The van der Waals surface area contributed by atoms with Crippen molar-refractivity contribution in [1.29, 1.82) is 5.26 Å². The first-order chi connectivity index (χ1) is 9.17. The Morgan fingerprint density at radius 3 is 2.68 bits per heavy atom. The van der Waals surface area contributed by atoms with Crippen LogP contribution in [-0.4, -0.2) is 17.7 Å². The van der Waals surface area contributed by atoms with Gasteiger partial charge in [-0.05, 0) is 31.2 Å². The minimum Gasteiger partial charge on any atom is -0.396 e. The highest BCUT2D eigenvalue weighted by Crippen LogP contribution is 2.31. The first kappa shape index (κ1) is 13.8. The molecule has 0 radical (unpaired) electrons. The Morgan fingerprint density at radius 2 is 2.11 bits per heavy atom. The standard InChI is InChI=1S/C15H24N4/c1-3-4-7-19-13(11-16)10-14(17)15(19)18-8-5-12(2)6-9-18/h10,12H,3-9,17H2,1-2H3. The van der Waals surface area contributed by atoms with Crippen molar-refractivity contribution in [2.24, 2.45) is 5.92 Å². The number of hydrogen-bond acceptors (Lipinski definition) is 3. The zero-order valence-electron chi connectivity index (χ0n) is 12.0. The number of nitrogen functional groups attached to an aromatic ring is 1. The second-order valence-corrected chi connectivity index (χ2v) is 5.60. The van der Waals surface area contributed by atoms with Crippen LogP contribution in [0.4, 0.5) is 11.5 Å². The molecule has 1 saturated heterocycles. The molecule has 1 aromatic heterocycles. The largest absolute Gasteiger partial charge is 0.396 e. The maximum absolute atomic E-state index is 9.25. The molecule has 2 heterocycles. The zero-order chi connectivity index (χ0) is 13.8. The number of nitrogens with two attached hydrogens (primary N) is 1. The van der Waals surface area contributed by atoms with Crippen LogP contribution < -0.4 is 10.6 Å². The third-order valence-corrected chi connectivity index (χ3v) is 4.03. The molecule has 1 aromatic rings. The van der Waals surface area contributed by atoms with E-state index in [-0.39, 0.29) is 0 Å². The van der Waals surface area contributed by atoms with E-state index in [0.717, 1.165) is 49.9 Å². The predicted octanol–water partition coefficient (Wildman–Crippen LogP) is 2.98. The number of hydrogen-bond donors (Lipinski definition) is 1. The summed E-state index contributed by atoms with van der Waals surface area (Å²) in [6, 6.07) is 4.09. The molecular weight excluding hydrogens is 236 g/mol. The maximum atomic E-state index is 9.25. The molecule has 0 bridgehead atoms. The summed E-state index contributed by atoms with van der Waals surface area (Å²) in [7, 11) is 0. The lowest BCUT2D eigenvalue weighted by molar-refractivity contribution is 0.432. The predicted molar refractivity (Wildman–Crippen MR) is 79.1 cm³/mol. The molecule has 2 rings (SSSR count). The fraction of sp³-hybridized carbons (Fsp3) is 0.667. The zero-order valence-corrected chi connectivity index (χ0v) is 12.0. The van der Waals surface area contributed by atoms with Crippen LogP contribution in [0.25, 0.3) is 0 Å². The van der Waals surface area contributed by atoms with Gasteiger partial charge in [-0.1, -0.05) is 20.3 Å². The molecule has 0 aromatic carbocycles. The van der Waals surface area contributed by atoms with Gasteiger partial charge in [-0.25, -0.2) is 0 Å². The third-order valence-electron chi connectivity index (χ3n) is 4.03. The van der Waals surface area contributed by atoms with Gasteiger partial charge in [-0.3, -0.25) is 0 Å². The van der Waals surface area contributed by atoms with Crippen LogP contribution in [0, 0.1) is 17.2 Å². The number of aromatic nitrogens is 1. The highest BCUT2D eigenvalue weighted by molar-refractivity contribution is 5.68. The van der Waals surface area contributed by atoms with Gasteiger partial charge in [0.15, 0.2) is 0 Å². The molecule has 19 heavy (non-hydrogen) atoms. The number of piperidine rings is 1. The lowest BCUT2D eigenvalue weighted by Gasteiger charge is -2.33. The summed E-state index contributed by atoms with van der Waals surface area (Å²) in [4.78, 5) is 2.35. The molecule has 4 heteroatoms. The monoisotopic (exact) mass is 260 g/mol. The fourth-order valence-electron chi connectivity index (χ4n) is 2.77. The Hall–Kier alpha value is -1.63. The maximum Gasteiger partial charge on any atom is 0.133 e. The van der Waals surface area contributed by atoms with Crippen molar-refractivity contribution in [3.05, 3.63) is 11.8 Å². The highest BCUT2D eigenvalue weighted by Gasteiger charge is 2.22. The Labute approximate surface area is 115 Å². The minimum absolute atomic E-state index is 0.694. The highest BCUT2D eigenvalue weighted by atomic mass is 15.3. The van der Waals surface area contributed by atoms with Crippen LogP contribution in [0.1, 0.15) is 45.2 Å². The molecule has 0 unspecified atom stereocenters. The van der Waals surface area contributed by atoms with Gasteiger partial charge in [0.1, 0.15) is 17.6 Å². The average Bonchev–Trinajstić information content (AvgIpc) is 2.73. The second-order valence-electron chi connectivity index (χ2n) is 5.60. The Balaban J connectivity index is 2.27. The number of unbranched alkanes of at least 4 members (excludes halogenated alkanes) is 1. The topological polar surface area (TPSA) is 58.0 Å². The molecule has 1 fully saturated rings. The molecule has 1 aliphatic rings. The summed E-state index contributed by atoms with van der Waals surface area (Å²) in [5.74, 6) is 1.86. The van der Waals surface area contributed by atoms with Crippen LogP contribution in [0.15, 0.2) is 6.07 Å². The van der Waals surface area contributed by atoms with E-state index in [0.29, 0.717) is 5.69 Å². The number of rotatable bonds is 4. The molecule has 0 amide bonds. The van der Waals surface area contributed by atoms with E-state index in [1.165, 1.54) is 12.8 Å². The van der Waals surface area contributed by atoms with Crippen molar-refractivity contribution < 1.29 is 0 Å². The van der Waals surface area contributed by atoms with Crippen molar-refractivity contribution in [3.8, 4) is 6.07 Å². The molecule has 1 aliphatic heterocycles. The average molecular weight is 260 g/mol. The number of nitriles is 1. The molecular formula is C15H24N4. The molecule has 0 atom stereocenters. The van der Waals surface area contributed by atoms with Gasteiger partial charge in [-0.15, -0.1) is 0 Å².